The summed E-state index contributed by atoms with van der Waals surface area (Å²) < 4.78 is 13.9. The van der Waals surface area contributed by atoms with E-state index in [1.807, 2.05) is 60.7 Å². The molecule has 4 aromatic rings. The first kappa shape index (κ1) is 19.8. The third-order valence-electron chi connectivity index (χ3n) is 4.69. The lowest BCUT2D eigenvalue weighted by atomic mass is 10.0. The summed E-state index contributed by atoms with van der Waals surface area (Å²) in [6.45, 7) is 0. The Hall–Kier alpha value is -3.55. The van der Waals surface area contributed by atoms with Crippen LogP contribution in [0, 0.1) is 11.8 Å². The monoisotopic (exact) mass is 411 g/mol. The lowest BCUT2D eigenvalue weighted by Crippen LogP contribution is -1.91. The topological polar surface area (TPSA) is 30.5 Å². The number of ether oxygens (including phenoxy) is 2. The highest BCUT2D eigenvalue weighted by atomic mass is 32.2. The molecular formula is C26H21NO2S. The molecule has 0 heterocycles. The fourth-order valence-electron chi connectivity index (χ4n) is 3.07. The Labute approximate surface area is 181 Å². The van der Waals surface area contributed by atoms with E-state index in [1.165, 1.54) is 0 Å². The highest BCUT2D eigenvalue weighted by Gasteiger charge is 2.05. The second kappa shape index (κ2) is 9.30. The van der Waals surface area contributed by atoms with Gasteiger partial charge in [-0.2, -0.15) is 0 Å². The molecule has 4 rings (SSSR count). The molecular weight excluding hydrogens is 390 g/mol. The van der Waals surface area contributed by atoms with Crippen LogP contribution >= 0.6 is 11.9 Å². The molecule has 0 fully saturated rings. The number of hydrogen-bond donors (Lipinski definition) is 1. The fourth-order valence-corrected chi connectivity index (χ4v) is 3.75. The summed E-state index contributed by atoms with van der Waals surface area (Å²) in [4.78, 5) is 1.11. The average Bonchev–Trinajstić information content (AvgIpc) is 2.82. The van der Waals surface area contributed by atoms with Crippen LogP contribution < -0.4 is 14.2 Å². The molecule has 30 heavy (non-hydrogen) atoms. The van der Waals surface area contributed by atoms with E-state index in [4.69, 9.17) is 9.47 Å². The van der Waals surface area contributed by atoms with Gasteiger partial charge in [0.25, 0.3) is 0 Å². The van der Waals surface area contributed by atoms with Crippen molar-refractivity contribution in [2.24, 2.45) is 0 Å². The molecule has 0 amide bonds. The minimum absolute atomic E-state index is 0.829. The molecule has 0 saturated heterocycles. The second-order valence-electron chi connectivity index (χ2n) is 6.56. The van der Waals surface area contributed by atoms with E-state index in [0.717, 1.165) is 44.0 Å². The first-order chi connectivity index (χ1) is 14.8. The normalized spacial score (nSPS) is 10.2. The minimum Gasteiger partial charge on any atom is -0.497 e. The third-order valence-corrected chi connectivity index (χ3v) is 5.52. The van der Waals surface area contributed by atoms with Crippen molar-refractivity contribution in [1.29, 1.82) is 0 Å². The predicted octanol–water partition coefficient (Wildman–Crippen LogP) is 6.38. The van der Waals surface area contributed by atoms with Gasteiger partial charge < -0.3 is 14.2 Å². The van der Waals surface area contributed by atoms with Crippen LogP contribution in [0.25, 0.3) is 10.8 Å². The number of fused-ring (bicyclic) bond motifs is 1. The fraction of sp³-hybridized carbons (Fsp3) is 0.0769. The quantitative estimate of drug-likeness (QED) is 0.305. The van der Waals surface area contributed by atoms with Crippen LogP contribution in [0.5, 0.6) is 11.5 Å². The van der Waals surface area contributed by atoms with E-state index in [2.05, 4.69) is 40.8 Å². The highest BCUT2D eigenvalue weighted by Crippen LogP contribution is 2.30. The summed E-state index contributed by atoms with van der Waals surface area (Å²) in [7, 11) is 3.33. The van der Waals surface area contributed by atoms with E-state index in [-0.39, 0.29) is 0 Å². The van der Waals surface area contributed by atoms with Crippen LogP contribution in [0.15, 0.2) is 89.8 Å². The van der Waals surface area contributed by atoms with Crippen molar-refractivity contribution in [2.75, 3.05) is 18.9 Å². The van der Waals surface area contributed by atoms with Crippen LogP contribution in [0.4, 0.5) is 5.69 Å². The zero-order valence-electron chi connectivity index (χ0n) is 16.8. The van der Waals surface area contributed by atoms with Gasteiger partial charge in [0.2, 0.25) is 0 Å². The summed E-state index contributed by atoms with van der Waals surface area (Å²) in [5.41, 5.74) is 3.01. The molecule has 0 unspecified atom stereocenters. The largest absolute Gasteiger partial charge is 0.497 e. The van der Waals surface area contributed by atoms with Crippen LogP contribution in [0.3, 0.4) is 0 Å². The lowest BCUT2D eigenvalue weighted by molar-refractivity contribution is 0.414. The first-order valence-electron chi connectivity index (χ1n) is 9.51. The predicted molar refractivity (Wildman–Crippen MR) is 125 cm³/mol. The van der Waals surface area contributed by atoms with E-state index in [1.54, 1.807) is 26.2 Å². The Morgan fingerprint density at radius 3 is 1.97 bits per heavy atom. The molecule has 0 bridgehead atoms. The summed E-state index contributed by atoms with van der Waals surface area (Å²) in [6, 6.07) is 28.2. The summed E-state index contributed by atoms with van der Waals surface area (Å²) in [5, 5.41) is 2.26. The zero-order valence-corrected chi connectivity index (χ0v) is 17.6. The number of rotatable bonds is 5. The summed E-state index contributed by atoms with van der Waals surface area (Å²) >= 11 is 1.57. The Bertz CT molecular complexity index is 1210. The van der Waals surface area contributed by atoms with E-state index in [9.17, 15) is 0 Å². The average molecular weight is 412 g/mol. The van der Waals surface area contributed by atoms with Crippen LogP contribution in [-0.2, 0) is 0 Å². The molecule has 0 spiro atoms. The standard InChI is InChI=1S/C26H21NO2S/c1-28-21-12-8-19(9-13-21)7-10-20-11-18-26(25-6-4-3-5-24(20)25)27-30-23-16-14-22(29-2)15-17-23/h3-6,8-9,11-18,27H,1-2H3. The van der Waals surface area contributed by atoms with E-state index in [0.29, 0.717) is 0 Å². The van der Waals surface area contributed by atoms with Crippen molar-refractivity contribution in [3.8, 4) is 23.3 Å². The third kappa shape index (κ3) is 4.53. The number of methoxy groups -OCH3 is 2. The van der Waals surface area contributed by atoms with Gasteiger partial charge in [-0.1, -0.05) is 36.1 Å². The smallest absolute Gasteiger partial charge is 0.118 e. The lowest BCUT2D eigenvalue weighted by Gasteiger charge is -2.11. The van der Waals surface area contributed by atoms with Crippen molar-refractivity contribution < 1.29 is 9.47 Å². The SMILES string of the molecule is COc1ccc(C#Cc2ccc(NSc3ccc(OC)cc3)c3ccccc23)cc1. The van der Waals surface area contributed by atoms with Gasteiger partial charge in [0, 0.05) is 21.4 Å². The maximum Gasteiger partial charge on any atom is 0.118 e. The summed E-state index contributed by atoms with van der Waals surface area (Å²) in [5.74, 6) is 8.25. The molecule has 0 radical (unpaired) electrons. The molecule has 3 nitrogen and oxygen atoms in total. The van der Waals surface area contributed by atoms with Crippen LogP contribution in [-0.4, -0.2) is 14.2 Å². The Morgan fingerprint density at radius 2 is 1.30 bits per heavy atom. The van der Waals surface area contributed by atoms with Crippen molar-refractivity contribution in [3.05, 3.63) is 96.1 Å². The van der Waals surface area contributed by atoms with Crippen molar-refractivity contribution in [3.63, 3.8) is 0 Å². The molecule has 148 valence electrons. The maximum absolute atomic E-state index is 5.22. The van der Waals surface area contributed by atoms with E-state index < -0.39 is 0 Å². The molecule has 0 aliphatic carbocycles. The maximum atomic E-state index is 5.22. The number of anilines is 1. The van der Waals surface area contributed by atoms with Gasteiger partial charge in [-0.05, 0) is 78.0 Å². The Morgan fingerprint density at radius 1 is 0.667 bits per heavy atom. The molecule has 0 aliphatic rings. The van der Waals surface area contributed by atoms with Crippen molar-refractivity contribution in [2.45, 2.75) is 4.90 Å². The number of benzene rings is 4. The number of hydrogen-bond acceptors (Lipinski definition) is 4. The van der Waals surface area contributed by atoms with Gasteiger partial charge in [0.15, 0.2) is 0 Å². The van der Waals surface area contributed by atoms with Gasteiger partial charge in [0.05, 0.1) is 19.9 Å². The Balaban J connectivity index is 1.59. The van der Waals surface area contributed by atoms with Gasteiger partial charge >= 0.3 is 0 Å². The molecule has 4 heteroatoms. The van der Waals surface area contributed by atoms with Crippen LogP contribution in [0.1, 0.15) is 11.1 Å². The van der Waals surface area contributed by atoms with Gasteiger partial charge in [-0.3, -0.25) is 0 Å². The first-order valence-corrected chi connectivity index (χ1v) is 10.3. The molecule has 0 atom stereocenters. The molecule has 1 N–H and O–H groups in total. The molecule has 0 saturated carbocycles. The van der Waals surface area contributed by atoms with Gasteiger partial charge in [-0.25, -0.2) is 0 Å². The molecule has 4 aromatic carbocycles. The molecule has 0 aromatic heterocycles. The van der Waals surface area contributed by atoms with E-state index >= 15 is 0 Å². The minimum atomic E-state index is 0.829. The van der Waals surface area contributed by atoms with Crippen LogP contribution in [0.2, 0.25) is 0 Å². The highest BCUT2D eigenvalue weighted by molar-refractivity contribution is 8.00. The van der Waals surface area contributed by atoms with Crippen molar-refractivity contribution in [1.82, 2.24) is 0 Å². The molecule has 0 aliphatic heterocycles. The van der Waals surface area contributed by atoms with Gasteiger partial charge in [0.1, 0.15) is 11.5 Å². The van der Waals surface area contributed by atoms with Crippen molar-refractivity contribution >= 4 is 28.4 Å². The van der Waals surface area contributed by atoms with Gasteiger partial charge in [-0.15, -0.1) is 0 Å². The second-order valence-corrected chi connectivity index (χ2v) is 7.44. The number of nitrogens with one attached hydrogen (secondary N) is 1. The zero-order chi connectivity index (χ0) is 20.8. The Kier molecular flexibility index (Phi) is 6.12. The summed E-state index contributed by atoms with van der Waals surface area (Å²) in [6.07, 6.45) is 0.